The number of nitrogens with two attached hydrogens (primary N) is 1. The summed E-state index contributed by atoms with van der Waals surface area (Å²) in [6.45, 7) is 4.97. The van der Waals surface area contributed by atoms with Crippen LogP contribution >= 0.6 is 0 Å². The van der Waals surface area contributed by atoms with Gasteiger partial charge in [0.15, 0.2) is 0 Å². The molecule has 2 nitrogen and oxygen atoms in total. The summed E-state index contributed by atoms with van der Waals surface area (Å²) in [4.78, 5) is 0. The number of unbranched alkanes of at least 4 members (excludes halogenated alkanes) is 6. The van der Waals surface area contributed by atoms with Gasteiger partial charge >= 0.3 is 0 Å². The Morgan fingerprint density at radius 1 is 1.06 bits per heavy atom. The van der Waals surface area contributed by atoms with Crippen LogP contribution in [0.3, 0.4) is 0 Å². The molecular weight excluding hydrogens is 218 g/mol. The normalized spacial score (nSPS) is 14.9. The molecule has 0 amide bonds. The number of hydrogen-bond donors (Lipinski definition) is 1. The van der Waals surface area contributed by atoms with Gasteiger partial charge in [0, 0.05) is 22.3 Å². The van der Waals surface area contributed by atoms with E-state index in [0.29, 0.717) is 12.5 Å². The van der Waals surface area contributed by atoms with E-state index in [1.165, 1.54) is 38.5 Å². The average molecular weight is 247 g/mol. The third-order valence-corrected chi connectivity index (χ3v) is 4.53. The maximum atomic E-state index is 11.6. The molecule has 0 aromatic heterocycles. The Balaban J connectivity index is 3.21. The van der Waals surface area contributed by atoms with Crippen LogP contribution in [0.5, 0.6) is 0 Å². The van der Waals surface area contributed by atoms with Gasteiger partial charge in [-0.2, -0.15) is 0 Å². The van der Waals surface area contributed by atoms with Gasteiger partial charge in [-0.1, -0.05) is 52.4 Å². The zero-order chi connectivity index (χ0) is 12.2. The number of rotatable bonds is 11. The maximum absolute atomic E-state index is 11.6. The van der Waals surface area contributed by atoms with Gasteiger partial charge in [-0.05, 0) is 18.9 Å². The molecule has 2 N–H and O–H groups in total. The smallest absolute Gasteiger partial charge is 0.0272 e. The molecule has 0 aliphatic heterocycles. The lowest BCUT2D eigenvalue weighted by Crippen LogP contribution is -2.18. The summed E-state index contributed by atoms with van der Waals surface area (Å²) in [5.74, 6) is 2.06. The second kappa shape index (κ2) is 11.6. The predicted molar refractivity (Wildman–Crippen MR) is 74.1 cm³/mol. The van der Waals surface area contributed by atoms with Gasteiger partial charge < -0.3 is 5.73 Å². The summed E-state index contributed by atoms with van der Waals surface area (Å²) in [7, 11) is -0.639. The van der Waals surface area contributed by atoms with Gasteiger partial charge in [0.2, 0.25) is 0 Å². The molecule has 98 valence electrons. The van der Waals surface area contributed by atoms with Crippen molar-refractivity contribution in [2.24, 2.45) is 11.7 Å². The van der Waals surface area contributed by atoms with Crippen LogP contribution in [0.15, 0.2) is 0 Å². The zero-order valence-electron chi connectivity index (χ0n) is 11.0. The Bertz CT molecular complexity index is 173. The molecule has 0 saturated heterocycles. The molecule has 0 rings (SSSR count). The molecule has 0 heterocycles. The molecule has 0 saturated carbocycles. The molecule has 0 aromatic carbocycles. The molecule has 0 bridgehead atoms. The van der Waals surface area contributed by atoms with Crippen molar-refractivity contribution in [3.63, 3.8) is 0 Å². The lowest BCUT2D eigenvalue weighted by Gasteiger charge is -2.07. The van der Waals surface area contributed by atoms with Crippen LogP contribution < -0.4 is 5.73 Å². The van der Waals surface area contributed by atoms with Gasteiger partial charge in [-0.15, -0.1) is 0 Å². The highest BCUT2D eigenvalue weighted by Crippen LogP contribution is 2.08. The van der Waals surface area contributed by atoms with E-state index in [4.69, 9.17) is 5.73 Å². The molecule has 2 unspecified atom stereocenters. The Morgan fingerprint density at radius 3 is 2.19 bits per heavy atom. The van der Waals surface area contributed by atoms with Crippen LogP contribution in [0.4, 0.5) is 0 Å². The van der Waals surface area contributed by atoms with Crippen molar-refractivity contribution < 1.29 is 4.21 Å². The van der Waals surface area contributed by atoms with E-state index in [2.05, 4.69) is 13.8 Å². The summed E-state index contributed by atoms with van der Waals surface area (Å²) < 4.78 is 11.6. The van der Waals surface area contributed by atoms with Crippen molar-refractivity contribution in [1.29, 1.82) is 0 Å². The van der Waals surface area contributed by atoms with E-state index in [-0.39, 0.29) is 0 Å². The molecule has 0 radical (unpaired) electrons. The van der Waals surface area contributed by atoms with Gasteiger partial charge in [-0.3, -0.25) is 4.21 Å². The third-order valence-electron chi connectivity index (χ3n) is 2.85. The van der Waals surface area contributed by atoms with Gasteiger partial charge in [-0.25, -0.2) is 0 Å². The van der Waals surface area contributed by atoms with Crippen molar-refractivity contribution in [2.45, 2.75) is 58.8 Å². The monoisotopic (exact) mass is 247 g/mol. The van der Waals surface area contributed by atoms with E-state index < -0.39 is 10.8 Å². The van der Waals surface area contributed by atoms with Crippen molar-refractivity contribution in [1.82, 2.24) is 0 Å². The fourth-order valence-electron chi connectivity index (χ4n) is 1.69. The fraction of sp³-hybridized carbons (Fsp3) is 1.00. The van der Waals surface area contributed by atoms with Crippen molar-refractivity contribution >= 4 is 10.8 Å². The van der Waals surface area contributed by atoms with E-state index >= 15 is 0 Å². The topological polar surface area (TPSA) is 43.1 Å². The van der Waals surface area contributed by atoms with Crippen LogP contribution in [0.2, 0.25) is 0 Å². The maximum Gasteiger partial charge on any atom is 0.0272 e. The lowest BCUT2D eigenvalue weighted by molar-refractivity contribution is 0.598. The minimum Gasteiger partial charge on any atom is -0.330 e. The first-order chi connectivity index (χ1) is 7.70. The molecule has 0 aliphatic rings. The minimum atomic E-state index is -0.639. The van der Waals surface area contributed by atoms with Gasteiger partial charge in [0.05, 0.1) is 0 Å². The van der Waals surface area contributed by atoms with Crippen LogP contribution in [0.25, 0.3) is 0 Å². The summed E-state index contributed by atoms with van der Waals surface area (Å²) in [6, 6.07) is 0. The number of hydrogen-bond acceptors (Lipinski definition) is 2. The highest BCUT2D eigenvalue weighted by molar-refractivity contribution is 7.84. The molecule has 0 aromatic rings. The van der Waals surface area contributed by atoms with Crippen molar-refractivity contribution in [3.05, 3.63) is 0 Å². The molecule has 0 fully saturated rings. The average Bonchev–Trinajstić information content (AvgIpc) is 2.27. The largest absolute Gasteiger partial charge is 0.330 e. The highest BCUT2D eigenvalue weighted by Gasteiger charge is 2.05. The SMILES string of the molecule is CCCCCCCCCS(=O)CC(C)CN. The Labute approximate surface area is 104 Å². The van der Waals surface area contributed by atoms with E-state index in [1.807, 2.05) is 0 Å². The highest BCUT2D eigenvalue weighted by atomic mass is 32.2. The quantitative estimate of drug-likeness (QED) is 0.570. The van der Waals surface area contributed by atoms with Crippen molar-refractivity contribution in [3.8, 4) is 0 Å². The summed E-state index contributed by atoms with van der Waals surface area (Å²) in [6.07, 6.45) is 9.05. The second-order valence-electron chi connectivity index (χ2n) is 4.77. The minimum absolute atomic E-state index is 0.408. The van der Waals surface area contributed by atoms with Gasteiger partial charge in [0.1, 0.15) is 0 Å². The fourth-order valence-corrected chi connectivity index (χ4v) is 3.15. The van der Waals surface area contributed by atoms with E-state index in [9.17, 15) is 4.21 Å². The van der Waals surface area contributed by atoms with Crippen LogP contribution in [-0.2, 0) is 10.8 Å². The first-order valence-electron chi connectivity index (χ1n) is 6.75. The molecule has 0 spiro atoms. The van der Waals surface area contributed by atoms with Crippen LogP contribution in [0.1, 0.15) is 58.8 Å². The summed E-state index contributed by atoms with van der Waals surface area (Å²) in [5, 5.41) is 0. The summed E-state index contributed by atoms with van der Waals surface area (Å²) in [5.41, 5.74) is 5.51. The standard InChI is InChI=1S/C13H29NOS/c1-3-4-5-6-7-8-9-10-16(15)12-13(2)11-14/h13H,3-12,14H2,1-2H3. The zero-order valence-corrected chi connectivity index (χ0v) is 11.9. The predicted octanol–water partition coefficient (Wildman–Crippen LogP) is 3.08. The van der Waals surface area contributed by atoms with Gasteiger partial charge in [0.25, 0.3) is 0 Å². The molecule has 16 heavy (non-hydrogen) atoms. The molecular formula is C13H29NOS. The Kier molecular flexibility index (Phi) is 11.7. The van der Waals surface area contributed by atoms with E-state index in [0.717, 1.165) is 17.9 Å². The Morgan fingerprint density at radius 2 is 1.62 bits per heavy atom. The van der Waals surface area contributed by atoms with Crippen LogP contribution in [-0.4, -0.2) is 22.3 Å². The third kappa shape index (κ3) is 10.6. The first kappa shape index (κ1) is 16.1. The second-order valence-corrected chi connectivity index (χ2v) is 6.39. The molecule has 2 atom stereocenters. The molecule has 0 aliphatic carbocycles. The summed E-state index contributed by atoms with van der Waals surface area (Å²) >= 11 is 0. The van der Waals surface area contributed by atoms with Crippen molar-refractivity contribution in [2.75, 3.05) is 18.1 Å². The first-order valence-corrected chi connectivity index (χ1v) is 8.24. The molecule has 3 heteroatoms. The van der Waals surface area contributed by atoms with Crippen LogP contribution in [0, 0.1) is 5.92 Å². The Hall–Kier alpha value is 0.110. The lowest BCUT2D eigenvalue weighted by atomic mass is 10.1. The van der Waals surface area contributed by atoms with E-state index in [1.54, 1.807) is 0 Å².